The minimum atomic E-state index is 0.916. The second-order valence-corrected chi connectivity index (χ2v) is 3.00. The lowest BCUT2D eigenvalue weighted by molar-refractivity contribution is 0.888. The normalized spacial score (nSPS) is 16.4. The van der Waals surface area contributed by atoms with Gasteiger partial charge >= 0.3 is 0 Å². The zero-order valence-electron chi connectivity index (χ0n) is 6.38. The molecule has 1 N–H and O–H groups in total. The van der Waals surface area contributed by atoms with Crippen LogP contribution in [0.15, 0.2) is 18.3 Å². The van der Waals surface area contributed by atoms with Crippen molar-refractivity contribution in [2.24, 2.45) is 5.92 Å². The maximum absolute atomic E-state index is 3.90. The Morgan fingerprint density at radius 1 is 1.64 bits per heavy atom. The van der Waals surface area contributed by atoms with Gasteiger partial charge in [-0.25, -0.2) is 0 Å². The summed E-state index contributed by atoms with van der Waals surface area (Å²) in [6, 6.07) is 3.82. The summed E-state index contributed by atoms with van der Waals surface area (Å²) in [4.78, 5) is 3.90. The Bertz CT molecular complexity index is 216. The molecule has 0 atom stereocenters. The van der Waals surface area contributed by atoms with Gasteiger partial charge in [0.1, 0.15) is 0 Å². The molecular formula is C9H11N2. The Morgan fingerprint density at radius 2 is 2.55 bits per heavy atom. The standard InChI is InChI=1S/C9H11N2/c1-2-9(7-10-5-1)11-6-8-3-4-8/h1-2,7-8,11H,3-4,6H2. The van der Waals surface area contributed by atoms with Crippen LogP contribution in [0.2, 0.25) is 0 Å². The van der Waals surface area contributed by atoms with E-state index in [1.165, 1.54) is 12.8 Å². The van der Waals surface area contributed by atoms with Crippen molar-refractivity contribution in [3.8, 4) is 0 Å². The molecule has 1 radical (unpaired) electrons. The van der Waals surface area contributed by atoms with Gasteiger partial charge in [0.25, 0.3) is 0 Å². The fourth-order valence-electron chi connectivity index (χ4n) is 1.01. The van der Waals surface area contributed by atoms with Crippen molar-refractivity contribution in [1.82, 2.24) is 4.98 Å². The molecule has 57 valence electrons. The number of nitrogens with zero attached hydrogens (tertiary/aromatic N) is 1. The summed E-state index contributed by atoms with van der Waals surface area (Å²) in [5.74, 6) is 0.916. The molecule has 0 aromatic carbocycles. The predicted octanol–water partition coefficient (Wildman–Crippen LogP) is 1.70. The van der Waals surface area contributed by atoms with Crippen molar-refractivity contribution in [2.45, 2.75) is 12.8 Å². The molecule has 2 heteroatoms. The molecule has 0 spiro atoms. The number of aromatic nitrogens is 1. The maximum atomic E-state index is 3.90. The number of nitrogens with one attached hydrogen (secondary N) is 1. The highest BCUT2D eigenvalue weighted by Gasteiger charge is 2.20. The van der Waals surface area contributed by atoms with E-state index >= 15 is 0 Å². The molecule has 1 heterocycles. The van der Waals surface area contributed by atoms with E-state index in [4.69, 9.17) is 0 Å². The number of hydrogen-bond donors (Lipinski definition) is 1. The van der Waals surface area contributed by atoms with Gasteiger partial charge in [-0.3, -0.25) is 4.98 Å². The summed E-state index contributed by atoms with van der Waals surface area (Å²) >= 11 is 0. The van der Waals surface area contributed by atoms with E-state index in [0.717, 1.165) is 18.2 Å². The molecule has 0 aliphatic heterocycles. The van der Waals surface area contributed by atoms with Gasteiger partial charge in [0.2, 0.25) is 0 Å². The van der Waals surface area contributed by atoms with Gasteiger partial charge in [-0.05, 0) is 30.9 Å². The molecule has 0 unspecified atom stereocenters. The van der Waals surface area contributed by atoms with E-state index in [9.17, 15) is 0 Å². The minimum absolute atomic E-state index is 0.916. The lowest BCUT2D eigenvalue weighted by atomic mass is 10.4. The third-order valence-electron chi connectivity index (χ3n) is 1.91. The highest BCUT2D eigenvalue weighted by Crippen LogP contribution is 2.28. The van der Waals surface area contributed by atoms with Gasteiger partial charge in [-0.1, -0.05) is 0 Å². The first-order chi connectivity index (χ1) is 5.45. The van der Waals surface area contributed by atoms with Crippen LogP contribution in [0, 0.1) is 12.1 Å². The fraction of sp³-hybridized carbons (Fsp3) is 0.444. The highest BCUT2D eigenvalue weighted by molar-refractivity contribution is 5.39. The summed E-state index contributed by atoms with van der Waals surface area (Å²) in [7, 11) is 0. The van der Waals surface area contributed by atoms with Crippen LogP contribution >= 0.6 is 0 Å². The fourth-order valence-corrected chi connectivity index (χ4v) is 1.01. The highest BCUT2D eigenvalue weighted by atomic mass is 14.9. The third kappa shape index (κ3) is 1.93. The average Bonchev–Trinajstić information content (AvgIpc) is 2.86. The largest absolute Gasteiger partial charge is 0.384 e. The zero-order chi connectivity index (χ0) is 7.52. The number of pyridine rings is 1. The molecular weight excluding hydrogens is 136 g/mol. The summed E-state index contributed by atoms with van der Waals surface area (Å²) < 4.78 is 0. The molecule has 11 heavy (non-hydrogen) atoms. The van der Waals surface area contributed by atoms with E-state index in [2.05, 4.69) is 16.5 Å². The van der Waals surface area contributed by atoms with Crippen molar-refractivity contribution in [1.29, 1.82) is 0 Å². The van der Waals surface area contributed by atoms with Crippen LogP contribution in [-0.2, 0) is 0 Å². The quantitative estimate of drug-likeness (QED) is 0.704. The van der Waals surface area contributed by atoms with E-state index in [0.29, 0.717) is 0 Å². The van der Waals surface area contributed by atoms with Gasteiger partial charge in [0.15, 0.2) is 0 Å². The molecule has 2 rings (SSSR count). The van der Waals surface area contributed by atoms with Crippen molar-refractivity contribution >= 4 is 5.69 Å². The van der Waals surface area contributed by atoms with Gasteiger partial charge in [0.05, 0.1) is 18.1 Å². The first-order valence-electron chi connectivity index (χ1n) is 4.01. The van der Waals surface area contributed by atoms with Crippen LogP contribution in [0.4, 0.5) is 5.69 Å². The summed E-state index contributed by atoms with van der Waals surface area (Å²) in [6.45, 7) is 1.10. The number of hydrogen-bond acceptors (Lipinski definition) is 2. The Morgan fingerprint density at radius 3 is 3.18 bits per heavy atom. The van der Waals surface area contributed by atoms with Gasteiger partial charge in [-0.2, -0.15) is 0 Å². The second-order valence-electron chi connectivity index (χ2n) is 3.00. The Balaban J connectivity index is 1.85. The van der Waals surface area contributed by atoms with E-state index < -0.39 is 0 Å². The van der Waals surface area contributed by atoms with Crippen LogP contribution in [0.5, 0.6) is 0 Å². The van der Waals surface area contributed by atoms with Crippen LogP contribution < -0.4 is 5.32 Å². The SMILES string of the molecule is [c]1ccc(NCC2CC2)cn1. The lowest BCUT2D eigenvalue weighted by Crippen LogP contribution is -2.02. The van der Waals surface area contributed by atoms with Crippen molar-refractivity contribution in [3.05, 3.63) is 24.5 Å². The van der Waals surface area contributed by atoms with Crippen LogP contribution in [0.1, 0.15) is 12.8 Å². The van der Waals surface area contributed by atoms with E-state index in [1.807, 2.05) is 18.3 Å². The van der Waals surface area contributed by atoms with Gasteiger partial charge in [-0.15, -0.1) is 0 Å². The molecule has 1 aliphatic rings. The molecule has 0 saturated heterocycles. The molecule has 1 aromatic rings. The lowest BCUT2D eigenvalue weighted by Gasteiger charge is -2.02. The summed E-state index contributed by atoms with van der Waals surface area (Å²) in [5.41, 5.74) is 1.11. The predicted molar refractivity (Wildman–Crippen MR) is 44.3 cm³/mol. The Kier molecular flexibility index (Phi) is 1.76. The van der Waals surface area contributed by atoms with Crippen LogP contribution in [0.3, 0.4) is 0 Å². The average molecular weight is 147 g/mol. The topological polar surface area (TPSA) is 24.9 Å². The molecule has 0 amide bonds. The monoisotopic (exact) mass is 147 g/mol. The van der Waals surface area contributed by atoms with E-state index in [-0.39, 0.29) is 0 Å². The van der Waals surface area contributed by atoms with Crippen molar-refractivity contribution in [3.63, 3.8) is 0 Å². The third-order valence-corrected chi connectivity index (χ3v) is 1.91. The first-order valence-corrected chi connectivity index (χ1v) is 4.01. The van der Waals surface area contributed by atoms with Crippen LogP contribution in [-0.4, -0.2) is 11.5 Å². The van der Waals surface area contributed by atoms with Gasteiger partial charge < -0.3 is 5.32 Å². The minimum Gasteiger partial charge on any atom is -0.384 e. The maximum Gasteiger partial charge on any atom is 0.0887 e. The summed E-state index contributed by atoms with van der Waals surface area (Å²) in [6.07, 6.45) is 7.33. The summed E-state index contributed by atoms with van der Waals surface area (Å²) in [5, 5.41) is 3.32. The Hall–Kier alpha value is -1.05. The first kappa shape index (κ1) is 6.65. The zero-order valence-corrected chi connectivity index (χ0v) is 6.38. The molecule has 1 saturated carbocycles. The second kappa shape index (κ2) is 2.91. The molecule has 1 aliphatic carbocycles. The van der Waals surface area contributed by atoms with Gasteiger partial charge in [0, 0.05) is 6.54 Å². The number of anilines is 1. The molecule has 0 bridgehead atoms. The van der Waals surface area contributed by atoms with E-state index in [1.54, 1.807) is 0 Å². The molecule has 1 aromatic heterocycles. The smallest absolute Gasteiger partial charge is 0.0887 e. The molecule has 2 nitrogen and oxygen atoms in total. The number of rotatable bonds is 3. The van der Waals surface area contributed by atoms with Crippen LogP contribution in [0.25, 0.3) is 0 Å². The molecule has 1 fully saturated rings. The Labute approximate surface area is 66.7 Å². The van der Waals surface area contributed by atoms with Crippen molar-refractivity contribution < 1.29 is 0 Å². The van der Waals surface area contributed by atoms with Crippen molar-refractivity contribution in [2.75, 3.05) is 11.9 Å².